The third-order valence-corrected chi connectivity index (χ3v) is 6.34. The smallest absolute Gasteiger partial charge is 0.269 e. The number of carbonyl (C=O) groups excluding carboxylic acids is 1. The van der Waals surface area contributed by atoms with Crippen molar-refractivity contribution < 1.29 is 9.72 Å². The number of non-ortho nitro benzene ring substituents is 1. The summed E-state index contributed by atoms with van der Waals surface area (Å²) >= 11 is 2.61. The molecule has 0 atom stereocenters. The Morgan fingerprint density at radius 3 is 2.69 bits per heavy atom. The number of aryl methyl sites for hydroxylation is 2. The molecule has 1 N–H and O–H groups in total. The number of allylic oxidation sites excluding steroid dienone is 1. The Morgan fingerprint density at radius 2 is 2.07 bits per heavy atom. The Labute approximate surface area is 174 Å². The van der Waals surface area contributed by atoms with Gasteiger partial charge in [-0.15, -0.1) is 17.9 Å². The lowest BCUT2D eigenvalue weighted by Crippen LogP contribution is -2.23. The fraction of sp³-hybridized carbons (Fsp3) is 0.211. The largest absolute Gasteiger partial charge is 0.325 e. The normalized spacial score (nSPS) is 10.8. The number of aromatic nitrogens is 2. The van der Waals surface area contributed by atoms with Crippen molar-refractivity contribution in [1.82, 2.24) is 9.55 Å². The zero-order valence-electron chi connectivity index (χ0n) is 15.8. The highest BCUT2D eigenvalue weighted by molar-refractivity contribution is 7.99. The van der Waals surface area contributed by atoms with Gasteiger partial charge in [0.25, 0.3) is 11.2 Å². The number of fused-ring (bicyclic) bond motifs is 1. The summed E-state index contributed by atoms with van der Waals surface area (Å²) < 4.78 is 1.51. The predicted octanol–water partition coefficient (Wildman–Crippen LogP) is 3.90. The average Bonchev–Trinajstić information content (AvgIpc) is 2.97. The molecule has 2 aromatic heterocycles. The molecule has 0 spiro atoms. The van der Waals surface area contributed by atoms with Gasteiger partial charge >= 0.3 is 0 Å². The number of anilines is 1. The molecule has 10 heteroatoms. The lowest BCUT2D eigenvalue weighted by molar-refractivity contribution is -0.384. The summed E-state index contributed by atoms with van der Waals surface area (Å²) in [6.07, 6.45) is 1.62. The Kier molecular flexibility index (Phi) is 6.14. The SMILES string of the molecule is C=CCn1c(SCC(=O)Nc2ccc([N+](=O)[O-])cc2)nc2sc(C)c(C)c2c1=O. The molecule has 0 fully saturated rings. The van der Waals surface area contributed by atoms with E-state index in [1.54, 1.807) is 6.08 Å². The van der Waals surface area contributed by atoms with Gasteiger partial charge in [-0.1, -0.05) is 17.8 Å². The van der Waals surface area contributed by atoms with E-state index in [9.17, 15) is 19.7 Å². The van der Waals surface area contributed by atoms with Crippen molar-refractivity contribution in [1.29, 1.82) is 0 Å². The molecule has 29 heavy (non-hydrogen) atoms. The van der Waals surface area contributed by atoms with E-state index in [4.69, 9.17) is 0 Å². The van der Waals surface area contributed by atoms with Gasteiger partial charge in [0.15, 0.2) is 5.16 Å². The molecular formula is C19H18N4O4S2. The second-order valence-corrected chi connectivity index (χ2v) is 8.35. The molecule has 0 saturated heterocycles. The highest BCUT2D eigenvalue weighted by Gasteiger charge is 2.17. The lowest BCUT2D eigenvalue weighted by atomic mass is 10.2. The van der Waals surface area contributed by atoms with Crippen LogP contribution in [-0.4, -0.2) is 26.1 Å². The number of thioether (sulfide) groups is 1. The molecule has 1 aromatic carbocycles. The summed E-state index contributed by atoms with van der Waals surface area (Å²) in [4.78, 5) is 41.7. The minimum Gasteiger partial charge on any atom is -0.325 e. The monoisotopic (exact) mass is 430 g/mol. The van der Waals surface area contributed by atoms with Crippen LogP contribution in [0.25, 0.3) is 10.2 Å². The predicted molar refractivity (Wildman–Crippen MR) is 116 cm³/mol. The molecule has 3 rings (SSSR count). The van der Waals surface area contributed by atoms with Gasteiger partial charge < -0.3 is 5.32 Å². The van der Waals surface area contributed by atoms with Crippen LogP contribution >= 0.6 is 23.1 Å². The van der Waals surface area contributed by atoms with Crippen molar-refractivity contribution in [3.05, 3.63) is 67.8 Å². The Hall–Kier alpha value is -2.98. The van der Waals surface area contributed by atoms with Crippen LogP contribution in [0, 0.1) is 24.0 Å². The number of carbonyl (C=O) groups is 1. The molecule has 0 aliphatic rings. The first-order chi connectivity index (χ1) is 13.8. The van der Waals surface area contributed by atoms with Gasteiger partial charge in [-0.25, -0.2) is 4.98 Å². The molecule has 0 unspecified atom stereocenters. The van der Waals surface area contributed by atoms with Crippen LogP contribution in [0.2, 0.25) is 0 Å². The number of nitro benzene ring substituents is 1. The summed E-state index contributed by atoms with van der Waals surface area (Å²) in [7, 11) is 0. The number of rotatable bonds is 7. The first kappa shape index (κ1) is 20.7. The van der Waals surface area contributed by atoms with Gasteiger partial charge in [0.2, 0.25) is 5.91 Å². The minimum atomic E-state index is -0.504. The van der Waals surface area contributed by atoms with Gasteiger partial charge in [-0.05, 0) is 31.5 Å². The number of nitro groups is 1. The molecule has 8 nitrogen and oxygen atoms in total. The standard InChI is InChI=1S/C19H18N4O4S2/c1-4-9-22-18(25)16-11(2)12(3)29-17(16)21-19(22)28-10-15(24)20-13-5-7-14(8-6-13)23(26)27/h4-8H,1,9-10H2,2-3H3,(H,20,24). The lowest BCUT2D eigenvalue weighted by Gasteiger charge is -2.10. The van der Waals surface area contributed by atoms with Crippen molar-refractivity contribution in [3.8, 4) is 0 Å². The number of nitrogens with zero attached hydrogens (tertiary/aromatic N) is 3. The second kappa shape index (κ2) is 8.58. The summed E-state index contributed by atoms with van der Waals surface area (Å²) in [5.41, 5.74) is 1.19. The maximum atomic E-state index is 12.9. The van der Waals surface area contributed by atoms with E-state index < -0.39 is 4.92 Å². The number of nitrogens with one attached hydrogen (secondary N) is 1. The molecule has 0 bridgehead atoms. The number of amides is 1. The summed E-state index contributed by atoms with van der Waals surface area (Å²) in [6, 6.07) is 5.58. The fourth-order valence-electron chi connectivity index (χ4n) is 2.70. The third-order valence-electron chi connectivity index (χ3n) is 4.26. The number of hydrogen-bond acceptors (Lipinski definition) is 7. The molecule has 0 aliphatic carbocycles. The summed E-state index contributed by atoms with van der Waals surface area (Å²) in [5.74, 6) is -0.267. The van der Waals surface area contributed by atoms with E-state index in [0.29, 0.717) is 27.6 Å². The van der Waals surface area contributed by atoms with Crippen LogP contribution in [-0.2, 0) is 11.3 Å². The molecule has 1 amide bonds. The molecule has 2 heterocycles. The van der Waals surface area contributed by atoms with Crippen molar-refractivity contribution in [2.24, 2.45) is 0 Å². The van der Waals surface area contributed by atoms with Gasteiger partial charge in [0.05, 0.1) is 16.1 Å². The van der Waals surface area contributed by atoms with Crippen molar-refractivity contribution in [2.45, 2.75) is 25.5 Å². The molecule has 3 aromatic rings. The first-order valence-electron chi connectivity index (χ1n) is 8.60. The van der Waals surface area contributed by atoms with Gasteiger partial charge in [-0.3, -0.25) is 24.3 Å². The third kappa shape index (κ3) is 4.38. The molecule has 0 radical (unpaired) electrons. The zero-order chi connectivity index (χ0) is 21.1. The van der Waals surface area contributed by atoms with Gasteiger partial charge in [0, 0.05) is 29.2 Å². The topological polar surface area (TPSA) is 107 Å². The molecule has 150 valence electrons. The van der Waals surface area contributed by atoms with E-state index in [0.717, 1.165) is 22.2 Å². The van der Waals surface area contributed by atoms with Gasteiger partial charge in [0.1, 0.15) is 4.83 Å². The minimum absolute atomic E-state index is 0.0371. The van der Waals surface area contributed by atoms with E-state index in [-0.39, 0.29) is 22.9 Å². The van der Waals surface area contributed by atoms with Crippen molar-refractivity contribution in [3.63, 3.8) is 0 Å². The van der Waals surface area contributed by atoms with Crippen LogP contribution in [0.4, 0.5) is 11.4 Å². The fourth-order valence-corrected chi connectivity index (χ4v) is 4.58. The van der Waals surface area contributed by atoms with Crippen LogP contribution in [0.3, 0.4) is 0 Å². The maximum absolute atomic E-state index is 12.9. The molecular weight excluding hydrogens is 412 g/mol. The van der Waals surface area contributed by atoms with Crippen LogP contribution in [0.5, 0.6) is 0 Å². The summed E-state index contributed by atoms with van der Waals surface area (Å²) in [5, 5.41) is 14.4. The van der Waals surface area contributed by atoms with E-state index in [1.807, 2.05) is 13.8 Å². The average molecular weight is 431 g/mol. The molecule has 0 saturated carbocycles. The quantitative estimate of drug-likeness (QED) is 0.200. The second-order valence-electron chi connectivity index (χ2n) is 6.20. The Morgan fingerprint density at radius 1 is 1.38 bits per heavy atom. The van der Waals surface area contributed by atoms with Crippen molar-refractivity contribution >= 4 is 50.6 Å². The maximum Gasteiger partial charge on any atom is 0.269 e. The highest BCUT2D eigenvalue weighted by atomic mass is 32.2. The highest BCUT2D eigenvalue weighted by Crippen LogP contribution is 2.28. The number of benzene rings is 1. The van der Waals surface area contributed by atoms with E-state index in [2.05, 4.69) is 16.9 Å². The Balaban J connectivity index is 1.79. The van der Waals surface area contributed by atoms with Crippen LogP contribution in [0.15, 0.2) is 46.9 Å². The van der Waals surface area contributed by atoms with Gasteiger partial charge in [-0.2, -0.15) is 0 Å². The molecule has 0 aliphatic heterocycles. The number of thiophene rings is 1. The summed E-state index contributed by atoms with van der Waals surface area (Å²) in [6.45, 7) is 7.84. The zero-order valence-corrected chi connectivity index (χ0v) is 17.4. The van der Waals surface area contributed by atoms with Crippen molar-refractivity contribution in [2.75, 3.05) is 11.1 Å². The first-order valence-corrected chi connectivity index (χ1v) is 10.4. The van der Waals surface area contributed by atoms with E-state index >= 15 is 0 Å². The Bertz CT molecular complexity index is 1170. The van der Waals surface area contributed by atoms with Crippen LogP contribution < -0.4 is 10.9 Å². The van der Waals surface area contributed by atoms with Crippen LogP contribution in [0.1, 0.15) is 10.4 Å². The number of hydrogen-bond donors (Lipinski definition) is 1. The van der Waals surface area contributed by atoms with E-state index in [1.165, 1.54) is 40.2 Å².